The van der Waals surface area contributed by atoms with E-state index in [1.165, 1.54) is 11.1 Å². The van der Waals surface area contributed by atoms with E-state index in [-0.39, 0.29) is 11.3 Å². The lowest BCUT2D eigenvalue weighted by atomic mass is 9.79. The second kappa shape index (κ2) is 7.18. The van der Waals surface area contributed by atoms with E-state index < -0.39 is 0 Å². The number of carbonyl (C=O) groups is 1. The molecule has 0 saturated heterocycles. The minimum absolute atomic E-state index is 0.107. The molecule has 0 unspecified atom stereocenters. The molecule has 3 rings (SSSR count). The molecule has 0 spiro atoms. The smallest absolute Gasteiger partial charge is 0.255 e. The maximum absolute atomic E-state index is 12.5. The molecule has 0 radical (unpaired) electrons. The van der Waals surface area contributed by atoms with Gasteiger partial charge in [0.1, 0.15) is 5.75 Å². The zero-order valence-electron chi connectivity index (χ0n) is 14.8. The number of anilines is 1. The van der Waals surface area contributed by atoms with Crippen LogP contribution < -0.4 is 15.4 Å². The van der Waals surface area contributed by atoms with Gasteiger partial charge in [0.2, 0.25) is 0 Å². The fourth-order valence-electron chi connectivity index (χ4n) is 3.20. The van der Waals surface area contributed by atoms with Crippen molar-refractivity contribution in [3.8, 4) is 5.75 Å². The highest BCUT2D eigenvalue weighted by molar-refractivity contribution is 9.10. The maximum Gasteiger partial charge on any atom is 0.255 e. The van der Waals surface area contributed by atoms with E-state index >= 15 is 0 Å². The maximum atomic E-state index is 12.5. The molecule has 25 heavy (non-hydrogen) atoms. The molecule has 1 aliphatic rings. The van der Waals surface area contributed by atoms with Crippen LogP contribution in [0.15, 0.2) is 40.9 Å². The lowest BCUT2D eigenvalue weighted by Crippen LogP contribution is -2.38. The van der Waals surface area contributed by atoms with Crippen molar-refractivity contribution in [1.82, 2.24) is 5.32 Å². The highest BCUT2D eigenvalue weighted by Crippen LogP contribution is 2.31. The van der Waals surface area contributed by atoms with Gasteiger partial charge in [-0.3, -0.25) is 4.79 Å². The standard InChI is InChI=1S/C20H23BrN2O2/c1-4-25-18-8-5-13(10-17(18)21)19(24)23-15-6-7-16-14(9-15)11-22-12-20(16,2)3/h5-10,22H,4,11-12H2,1-3H3,(H,23,24). The summed E-state index contributed by atoms with van der Waals surface area (Å²) in [6.45, 7) is 8.77. The number of hydrogen-bond donors (Lipinski definition) is 2. The summed E-state index contributed by atoms with van der Waals surface area (Å²) >= 11 is 3.45. The fourth-order valence-corrected chi connectivity index (χ4v) is 3.69. The Morgan fingerprint density at radius 3 is 2.80 bits per heavy atom. The van der Waals surface area contributed by atoms with Gasteiger partial charge in [-0.1, -0.05) is 19.9 Å². The van der Waals surface area contributed by atoms with Gasteiger partial charge in [0, 0.05) is 29.8 Å². The van der Waals surface area contributed by atoms with Crippen molar-refractivity contribution in [3.63, 3.8) is 0 Å². The fraction of sp³-hybridized carbons (Fsp3) is 0.350. The van der Waals surface area contributed by atoms with Crippen molar-refractivity contribution in [1.29, 1.82) is 0 Å². The number of rotatable bonds is 4. The summed E-state index contributed by atoms with van der Waals surface area (Å²) < 4.78 is 6.26. The number of benzene rings is 2. The van der Waals surface area contributed by atoms with Crippen LogP contribution in [0, 0.1) is 0 Å². The number of nitrogens with one attached hydrogen (secondary N) is 2. The molecule has 1 amide bonds. The van der Waals surface area contributed by atoms with E-state index in [0.29, 0.717) is 12.2 Å². The van der Waals surface area contributed by atoms with Crippen molar-refractivity contribution in [2.45, 2.75) is 32.7 Å². The van der Waals surface area contributed by atoms with Gasteiger partial charge >= 0.3 is 0 Å². The molecule has 0 atom stereocenters. The average molecular weight is 403 g/mol. The van der Waals surface area contributed by atoms with Gasteiger partial charge in [-0.2, -0.15) is 0 Å². The van der Waals surface area contributed by atoms with Crippen molar-refractivity contribution >= 4 is 27.5 Å². The van der Waals surface area contributed by atoms with Gasteiger partial charge in [-0.05, 0) is 64.3 Å². The molecule has 0 bridgehead atoms. The minimum atomic E-state index is -0.133. The predicted octanol–water partition coefficient (Wildman–Crippen LogP) is 4.48. The number of fused-ring (bicyclic) bond motifs is 1. The average Bonchev–Trinajstić information content (AvgIpc) is 2.56. The molecule has 0 saturated carbocycles. The summed E-state index contributed by atoms with van der Waals surface area (Å²) in [4.78, 5) is 12.5. The molecule has 0 fully saturated rings. The van der Waals surface area contributed by atoms with Crippen molar-refractivity contribution in [2.24, 2.45) is 0 Å². The first-order valence-corrected chi connectivity index (χ1v) is 9.28. The molecule has 0 aliphatic carbocycles. The zero-order valence-corrected chi connectivity index (χ0v) is 16.4. The van der Waals surface area contributed by atoms with Crippen LogP contribution in [-0.4, -0.2) is 19.1 Å². The van der Waals surface area contributed by atoms with Gasteiger partial charge in [-0.25, -0.2) is 0 Å². The van der Waals surface area contributed by atoms with Crippen LogP contribution in [0.1, 0.15) is 42.3 Å². The van der Waals surface area contributed by atoms with Crippen LogP contribution >= 0.6 is 15.9 Å². The van der Waals surface area contributed by atoms with Gasteiger partial charge in [0.15, 0.2) is 0 Å². The summed E-state index contributed by atoms with van der Waals surface area (Å²) in [5.41, 5.74) is 4.09. The Balaban J connectivity index is 1.78. The molecule has 4 nitrogen and oxygen atoms in total. The summed E-state index contributed by atoms with van der Waals surface area (Å²) in [6, 6.07) is 11.5. The Bertz CT molecular complexity index is 802. The van der Waals surface area contributed by atoms with E-state index in [0.717, 1.165) is 29.0 Å². The van der Waals surface area contributed by atoms with E-state index in [2.05, 4.69) is 52.5 Å². The van der Waals surface area contributed by atoms with Crippen molar-refractivity contribution in [3.05, 3.63) is 57.6 Å². The molecular weight excluding hydrogens is 380 g/mol. The predicted molar refractivity (Wildman–Crippen MR) is 104 cm³/mol. The number of halogens is 1. The molecule has 1 aliphatic heterocycles. The SMILES string of the molecule is CCOc1ccc(C(=O)Nc2ccc3c(c2)CNCC3(C)C)cc1Br. The highest BCUT2D eigenvalue weighted by atomic mass is 79.9. The number of amides is 1. The van der Waals surface area contributed by atoms with E-state index in [9.17, 15) is 4.79 Å². The van der Waals surface area contributed by atoms with Crippen LogP contribution in [0.25, 0.3) is 0 Å². The minimum Gasteiger partial charge on any atom is -0.493 e. The monoisotopic (exact) mass is 402 g/mol. The first-order valence-electron chi connectivity index (χ1n) is 8.48. The molecule has 5 heteroatoms. The number of ether oxygens (including phenoxy) is 1. The second-order valence-electron chi connectivity index (χ2n) is 6.89. The van der Waals surface area contributed by atoms with E-state index in [1.54, 1.807) is 12.1 Å². The lowest BCUT2D eigenvalue weighted by molar-refractivity contribution is 0.102. The third kappa shape index (κ3) is 3.88. The first kappa shape index (κ1) is 18.0. The Kier molecular flexibility index (Phi) is 5.16. The lowest BCUT2D eigenvalue weighted by Gasteiger charge is -2.33. The van der Waals surface area contributed by atoms with Crippen LogP contribution in [0.2, 0.25) is 0 Å². The third-order valence-electron chi connectivity index (χ3n) is 4.47. The van der Waals surface area contributed by atoms with Crippen molar-refractivity contribution < 1.29 is 9.53 Å². The molecule has 0 aromatic heterocycles. The summed E-state index contributed by atoms with van der Waals surface area (Å²) in [5.74, 6) is 0.605. The van der Waals surface area contributed by atoms with Gasteiger partial charge < -0.3 is 15.4 Å². The third-order valence-corrected chi connectivity index (χ3v) is 5.09. The Hall–Kier alpha value is -1.85. The zero-order chi connectivity index (χ0) is 18.0. The van der Waals surface area contributed by atoms with Gasteiger partial charge in [0.25, 0.3) is 5.91 Å². The van der Waals surface area contributed by atoms with E-state index in [4.69, 9.17) is 4.74 Å². The quantitative estimate of drug-likeness (QED) is 0.792. The molecular formula is C20H23BrN2O2. The first-order chi connectivity index (χ1) is 11.9. The van der Waals surface area contributed by atoms with Crippen LogP contribution in [0.5, 0.6) is 5.75 Å². The normalized spacial score (nSPS) is 15.4. The molecule has 1 heterocycles. The van der Waals surface area contributed by atoms with Crippen molar-refractivity contribution in [2.75, 3.05) is 18.5 Å². The molecule has 2 N–H and O–H groups in total. The van der Waals surface area contributed by atoms with Crippen LogP contribution in [-0.2, 0) is 12.0 Å². The van der Waals surface area contributed by atoms with Crippen LogP contribution in [0.3, 0.4) is 0 Å². The Labute approximate surface area is 157 Å². The summed E-state index contributed by atoms with van der Waals surface area (Å²) in [7, 11) is 0. The van der Waals surface area contributed by atoms with Gasteiger partial charge in [0.05, 0.1) is 11.1 Å². The number of hydrogen-bond acceptors (Lipinski definition) is 3. The summed E-state index contributed by atoms with van der Waals surface area (Å²) in [6.07, 6.45) is 0. The topological polar surface area (TPSA) is 50.4 Å². The molecule has 2 aromatic rings. The number of carbonyl (C=O) groups excluding carboxylic acids is 1. The van der Waals surface area contributed by atoms with E-state index in [1.807, 2.05) is 19.1 Å². The Morgan fingerprint density at radius 1 is 1.28 bits per heavy atom. The molecule has 132 valence electrons. The Morgan fingerprint density at radius 2 is 2.08 bits per heavy atom. The summed E-state index contributed by atoms with van der Waals surface area (Å²) in [5, 5.41) is 6.42. The highest BCUT2D eigenvalue weighted by Gasteiger charge is 2.27. The largest absolute Gasteiger partial charge is 0.493 e. The second-order valence-corrected chi connectivity index (χ2v) is 7.75. The van der Waals surface area contributed by atoms with Gasteiger partial charge in [-0.15, -0.1) is 0 Å². The van der Waals surface area contributed by atoms with Crippen LogP contribution in [0.4, 0.5) is 5.69 Å². The molecule has 2 aromatic carbocycles.